The van der Waals surface area contributed by atoms with E-state index in [2.05, 4.69) is 26.1 Å². The Bertz CT molecular complexity index is 225. The summed E-state index contributed by atoms with van der Waals surface area (Å²) in [6, 6.07) is 0. The highest BCUT2D eigenvalue weighted by molar-refractivity contribution is 5.78. The fourth-order valence-electron chi connectivity index (χ4n) is 2.04. The first kappa shape index (κ1) is 13.5. The van der Waals surface area contributed by atoms with Crippen molar-refractivity contribution in [2.75, 3.05) is 6.54 Å². The molecule has 0 radical (unpaired) electrons. The molecule has 0 spiro atoms. The van der Waals surface area contributed by atoms with Gasteiger partial charge in [-0.1, -0.05) is 20.8 Å². The molecule has 0 heterocycles. The van der Waals surface area contributed by atoms with Gasteiger partial charge >= 0.3 is 0 Å². The van der Waals surface area contributed by atoms with Crippen LogP contribution in [-0.4, -0.2) is 23.7 Å². The van der Waals surface area contributed by atoms with Crippen LogP contribution in [0.2, 0.25) is 0 Å². The summed E-state index contributed by atoms with van der Waals surface area (Å²) in [6.07, 6.45) is 4.05. The fraction of sp³-hybridized carbons (Fsp3) is 0.923. The molecule has 16 heavy (non-hydrogen) atoms. The number of aliphatic hydroxyl groups excluding tert-OH is 1. The summed E-state index contributed by atoms with van der Waals surface area (Å²) < 4.78 is 0. The number of carbonyl (C=O) groups is 1. The SMILES string of the molecule is CC(C)(C)CCNC(=O)C1CCC(O)CC1. The first-order chi connectivity index (χ1) is 7.38. The summed E-state index contributed by atoms with van der Waals surface area (Å²) in [5.74, 6) is 0.305. The molecule has 1 aliphatic rings. The maximum Gasteiger partial charge on any atom is 0.223 e. The van der Waals surface area contributed by atoms with Crippen molar-refractivity contribution in [2.45, 2.75) is 59.0 Å². The molecule has 2 N–H and O–H groups in total. The summed E-state index contributed by atoms with van der Waals surface area (Å²) in [7, 11) is 0. The standard InChI is InChI=1S/C13H25NO2/c1-13(2,3)8-9-14-12(16)10-4-6-11(15)7-5-10/h10-11,15H,4-9H2,1-3H3,(H,14,16). The smallest absolute Gasteiger partial charge is 0.223 e. The molecule has 3 nitrogen and oxygen atoms in total. The van der Waals surface area contributed by atoms with Crippen LogP contribution in [0.15, 0.2) is 0 Å². The van der Waals surface area contributed by atoms with Gasteiger partial charge in [-0.15, -0.1) is 0 Å². The Hall–Kier alpha value is -0.570. The van der Waals surface area contributed by atoms with Gasteiger partial charge in [0.1, 0.15) is 0 Å². The van der Waals surface area contributed by atoms with Crippen molar-refractivity contribution < 1.29 is 9.90 Å². The van der Waals surface area contributed by atoms with Crippen LogP contribution in [0.5, 0.6) is 0 Å². The first-order valence-electron chi connectivity index (χ1n) is 6.34. The minimum absolute atomic E-state index is 0.128. The highest BCUT2D eigenvalue weighted by Gasteiger charge is 2.25. The van der Waals surface area contributed by atoms with Gasteiger partial charge in [-0.05, 0) is 37.5 Å². The monoisotopic (exact) mass is 227 g/mol. The predicted octanol–water partition coefficient (Wildman–Crippen LogP) is 2.09. The van der Waals surface area contributed by atoms with E-state index in [9.17, 15) is 9.90 Å². The molecule has 1 amide bonds. The van der Waals surface area contributed by atoms with Gasteiger partial charge in [-0.3, -0.25) is 4.79 Å². The van der Waals surface area contributed by atoms with Gasteiger partial charge < -0.3 is 10.4 Å². The van der Waals surface area contributed by atoms with E-state index in [4.69, 9.17) is 0 Å². The van der Waals surface area contributed by atoms with Crippen LogP contribution >= 0.6 is 0 Å². The number of carbonyl (C=O) groups excluding carboxylic acids is 1. The van der Waals surface area contributed by atoms with Crippen LogP contribution in [0, 0.1) is 11.3 Å². The zero-order valence-electron chi connectivity index (χ0n) is 10.8. The topological polar surface area (TPSA) is 49.3 Å². The van der Waals surface area contributed by atoms with Gasteiger partial charge in [0.05, 0.1) is 6.10 Å². The Morgan fingerprint density at radius 3 is 2.31 bits per heavy atom. The molecule has 0 aromatic carbocycles. The lowest BCUT2D eigenvalue weighted by Gasteiger charge is -2.25. The third kappa shape index (κ3) is 4.97. The molecule has 1 rings (SSSR count). The molecule has 0 aromatic heterocycles. The lowest BCUT2D eigenvalue weighted by molar-refractivity contribution is -0.126. The molecule has 0 aliphatic heterocycles. The largest absolute Gasteiger partial charge is 0.393 e. The average Bonchev–Trinajstić information content (AvgIpc) is 2.16. The number of rotatable bonds is 3. The van der Waals surface area contributed by atoms with Crippen LogP contribution in [0.25, 0.3) is 0 Å². The van der Waals surface area contributed by atoms with Crippen LogP contribution in [0.1, 0.15) is 52.9 Å². The number of hydrogen-bond acceptors (Lipinski definition) is 2. The van der Waals surface area contributed by atoms with E-state index in [1.165, 1.54) is 0 Å². The van der Waals surface area contributed by atoms with Crippen molar-refractivity contribution in [2.24, 2.45) is 11.3 Å². The summed E-state index contributed by atoms with van der Waals surface area (Å²) in [5.41, 5.74) is 0.274. The van der Waals surface area contributed by atoms with Crippen LogP contribution in [-0.2, 0) is 4.79 Å². The Balaban J connectivity index is 2.20. The van der Waals surface area contributed by atoms with Crippen molar-refractivity contribution in [3.05, 3.63) is 0 Å². The van der Waals surface area contributed by atoms with E-state index in [1.54, 1.807) is 0 Å². The first-order valence-corrected chi connectivity index (χ1v) is 6.34. The van der Waals surface area contributed by atoms with Gasteiger partial charge in [0.25, 0.3) is 0 Å². The molecular weight excluding hydrogens is 202 g/mol. The number of hydrogen-bond donors (Lipinski definition) is 2. The van der Waals surface area contributed by atoms with Gasteiger partial charge in [0.2, 0.25) is 5.91 Å². The number of nitrogens with one attached hydrogen (secondary N) is 1. The van der Waals surface area contributed by atoms with Crippen molar-refractivity contribution in [1.82, 2.24) is 5.32 Å². The summed E-state index contributed by atoms with van der Waals surface area (Å²) in [4.78, 5) is 11.8. The number of aliphatic hydroxyl groups is 1. The van der Waals surface area contributed by atoms with Crippen molar-refractivity contribution in [3.8, 4) is 0 Å². The summed E-state index contributed by atoms with van der Waals surface area (Å²) in [5, 5.41) is 12.4. The normalized spacial score (nSPS) is 26.5. The molecule has 1 aliphatic carbocycles. The number of amides is 1. The third-order valence-corrected chi connectivity index (χ3v) is 3.24. The highest BCUT2D eigenvalue weighted by Crippen LogP contribution is 2.24. The molecule has 1 fully saturated rings. The molecule has 94 valence electrons. The second-order valence-corrected chi connectivity index (χ2v) is 6.11. The Morgan fingerprint density at radius 2 is 1.81 bits per heavy atom. The average molecular weight is 227 g/mol. The molecule has 0 aromatic rings. The van der Waals surface area contributed by atoms with Gasteiger partial charge in [-0.2, -0.15) is 0 Å². The second kappa shape index (κ2) is 5.67. The minimum atomic E-state index is -0.182. The molecular formula is C13H25NO2. The van der Waals surface area contributed by atoms with Crippen LogP contribution in [0.3, 0.4) is 0 Å². The molecule has 1 saturated carbocycles. The van der Waals surface area contributed by atoms with E-state index in [0.29, 0.717) is 0 Å². The van der Waals surface area contributed by atoms with E-state index in [1.807, 2.05) is 0 Å². The quantitative estimate of drug-likeness (QED) is 0.775. The third-order valence-electron chi connectivity index (χ3n) is 3.24. The Labute approximate surface area is 98.6 Å². The van der Waals surface area contributed by atoms with Crippen molar-refractivity contribution >= 4 is 5.91 Å². The maximum atomic E-state index is 11.8. The van der Waals surface area contributed by atoms with Crippen LogP contribution in [0.4, 0.5) is 0 Å². The lowest BCUT2D eigenvalue weighted by atomic mass is 9.86. The molecule has 0 unspecified atom stereocenters. The van der Waals surface area contributed by atoms with E-state index < -0.39 is 0 Å². The molecule has 0 atom stereocenters. The predicted molar refractivity (Wildman–Crippen MR) is 65.0 cm³/mol. The Kier molecular flexibility index (Phi) is 4.78. The zero-order chi connectivity index (χ0) is 12.2. The maximum absolute atomic E-state index is 11.8. The van der Waals surface area contributed by atoms with Crippen molar-refractivity contribution in [1.29, 1.82) is 0 Å². The molecule has 3 heteroatoms. The van der Waals surface area contributed by atoms with Crippen LogP contribution < -0.4 is 5.32 Å². The Morgan fingerprint density at radius 1 is 1.25 bits per heavy atom. The van der Waals surface area contributed by atoms with E-state index in [-0.39, 0.29) is 23.3 Å². The lowest BCUT2D eigenvalue weighted by Crippen LogP contribution is -2.35. The van der Waals surface area contributed by atoms with Gasteiger partial charge in [0.15, 0.2) is 0 Å². The van der Waals surface area contributed by atoms with Crippen molar-refractivity contribution in [3.63, 3.8) is 0 Å². The second-order valence-electron chi connectivity index (χ2n) is 6.11. The van der Waals surface area contributed by atoms with Gasteiger partial charge in [0, 0.05) is 12.5 Å². The minimum Gasteiger partial charge on any atom is -0.393 e. The van der Waals surface area contributed by atoms with Gasteiger partial charge in [-0.25, -0.2) is 0 Å². The highest BCUT2D eigenvalue weighted by atomic mass is 16.3. The molecule has 0 bridgehead atoms. The molecule has 0 saturated heterocycles. The summed E-state index contributed by atoms with van der Waals surface area (Å²) >= 11 is 0. The van der Waals surface area contributed by atoms with E-state index >= 15 is 0 Å². The summed E-state index contributed by atoms with van der Waals surface area (Å²) in [6.45, 7) is 7.30. The van der Waals surface area contributed by atoms with E-state index in [0.717, 1.165) is 38.6 Å². The zero-order valence-corrected chi connectivity index (χ0v) is 10.8. The fourth-order valence-corrected chi connectivity index (χ4v) is 2.04.